The molecule has 1 aromatic heterocycles. The number of aromatic nitrogens is 2. The number of likely N-dealkylation sites (N-methyl/N-ethyl adjacent to an activating group) is 1. The van der Waals surface area contributed by atoms with Gasteiger partial charge in [0, 0.05) is 32.4 Å². The average Bonchev–Trinajstić information content (AvgIpc) is 2.73. The molecule has 0 fully saturated rings. The van der Waals surface area contributed by atoms with Gasteiger partial charge in [0.15, 0.2) is 0 Å². The summed E-state index contributed by atoms with van der Waals surface area (Å²) in [6.45, 7) is 7.00. The third-order valence-corrected chi connectivity index (χ3v) is 3.29. The van der Waals surface area contributed by atoms with Crippen LogP contribution < -0.4 is 0 Å². The molecule has 0 N–H and O–H groups in total. The first-order valence-electron chi connectivity index (χ1n) is 6.68. The molecule has 4 heteroatoms. The highest BCUT2D eigenvalue weighted by Gasteiger charge is 2.20. The van der Waals surface area contributed by atoms with Gasteiger partial charge in [-0.15, -0.1) is 0 Å². The van der Waals surface area contributed by atoms with Crippen LogP contribution in [0.1, 0.15) is 45.4 Å². The molecular formula is C14H25N3O. The number of carbonyl (C=O) groups excluding carboxylic acids is 1. The van der Waals surface area contributed by atoms with Crippen LogP contribution in [0.5, 0.6) is 0 Å². The summed E-state index contributed by atoms with van der Waals surface area (Å²) in [6, 6.07) is 0. The summed E-state index contributed by atoms with van der Waals surface area (Å²) >= 11 is 0. The summed E-state index contributed by atoms with van der Waals surface area (Å²) < 4.78 is 1.99. The lowest BCUT2D eigenvalue weighted by Gasteiger charge is -2.21. The van der Waals surface area contributed by atoms with Crippen molar-refractivity contribution in [2.24, 2.45) is 5.92 Å². The zero-order chi connectivity index (χ0) is 13.7. The molecule has 102 valence electrons. The van der Waals surface area contributed by atoms with Gasteiger partial charge in [-0.3, -0.25) is 4.79 Å². The Kier molecular flexibility index (Phi) is 5.38. The number of amides is 1. The fraction of sp³-hybridized carbons (Fsp3) is 0.714. The highest BCUT2D eigenvalue weighted by molar-refractivity contribution is 5.75. The number of nitrogens with zero attached hydrogens (tertiary/aromatic N) is 3. The maximum absolute atomic E-state index is 11.8. The molecular weight excluding hydrogens is 226 g/mol. The predicted octanol–water partition coefficient (Wildman–Crippen LogP) is 2.51. The lowest BCUT2D eigenvalue weighted by atomic mass is 9.90. The van der Waals surface area contributed by atoms with Crippen LogP contribution in [0.15, 0.2) is 12.4 Å². The largest absolute Gasteiger partial charge is 0.347 e. The van der Waals surface area contributed by atoms with Crippen LogP contribution >= 0.6 is 0 Å². The van der Waals surface area contributed by atoms with E-state index in [0.717, 1.165) is 18.7 Å². The van der Waals surface area contributed by atoms with Crippen LogP contribution in [0.25, 0.3) is 0 Å². The second kappa shape index (κ2) is 6.57. The van der Waals surface area contributed by atoms with Crippen molar-refractivity contribution in [2.45, 2.75) is 46.1 Å². The number of imidazole rings is 1. The molecule has 1 unspecified atom stereocenters. The van der Waals surface area contributed by atoms with Crippen LogP contribution in [0.2, 0.25) is 0 Å². The van der Waals surface area contributed by atoms with E-state index in [9.17, 15) is 4.79 Å². The van der Waals surface area contributed by atoms with E-state index >= 15 is 0 Å². The molecule has 1 heterocycles. The highest BCUT2D eigenvalue weighted by atomic mass is 16.2. The smallest absolute Gasteiger partial charge is 0.242 e. The maximum atomic E-state index is 11.8. The molecule has 1 aromatic rings. The summed E-state index contributed by atoms with van der Waals surface area (Å²) in [4.78, 5) is 17.9. The van der Waals surface area contributed by atoms with E-state index in [0.29, 0.717) is 18.4 Å². The monoisotopic (exact) mass is 251 g/mol. The van der Waals surface area contributed by atoms with Gasteiger partial charge in [-0.2, -0.15) is 0 Å². The van der Waals surface area contributed by atoms with Gasteiger partial charge in [0.05, 0.1) is 0 Å². The first-order valence-corrected chi connectivity index (χ1v) is 6.68. The van der Waals surface area contributed by atoms with E-state index in [1.165, 1.54) is 0 Å². The summed E-state index contributed by atoms with van der Waals surface area (Å²) in [5.41, 5.74) is 0. The minimum Gasteiger partial charge on any atom is -0.347 e. The number of hydrogen-bond donors (Lipinski definition) is 0. The fourth-order valence-electron chi connectivity index (χ4n) is 2.14. The van der Waals surface area contributed by atoms with E-state index in [-0.39, 0.29) is 5.91 Å². The summed E-state index contributed by atoms with van der Waals surface area (Å²) in [7, 11) is 3.57. The second-order valence-corrected chi connectivity index (χ2v) is 5.34. The van der Waals surface area contributed by atoms with E-state index in [4.69, 9.17) is 0 Å². The van der Waals surface area contributed by atoms with Crippen molar-refractivity contribution in [2.75, 3.05) is 14.1 Å². The number of rotatable bonds is 6. The molecule has 1 rings (SSSR count). The number of carbonyl (C=O) groups is 1. The van der Waals surface area contributed by atoms with Crippen LogP contribution in [-0.4, -0.2) is 34.5 Å². The minimum absolute atomic E-state index is 0.105. The molecule has 0 saturated carbocycles. The highest BCUT2D eigenvalue weighted by Crippen LogP contribution is 2.27. The molecule has 1 atom stereocenters. The lowest BCUT2D eigenvalue weighted by molar-refractivity contribution is -0.129. The molecule has 0 aliphatic heterocycles. The van der Waals surface area contributed by atoms with Crippen LogP contribution in [0, 0.1) is 5.92 Å². The predicted molar refractivity (Wildman–Crippen MR) is 73.4 cm³/mol. The summed E-state index contributed by atoms with van der Waals surface area (Å²) in [6.07, 6.45) is 5.95. The van der Waals surface area contributed by atoms with Crippen LogP contribution in [-0.2, 0) is 11.3 Å². The molecule has 0 aliphatic carbocycles. The van der Waals surface area contributed by atoms with Crippen LogP contribution in [0.3, 0.4) is 0 Å². The Bertz CT molecular complexity index is 382. The Morgan fingerprint density at radius 3 is 2.61 bits per heavy atom. The van der Waals surface area contributed by atoms with Gasteiger partial charge >= 0.3 is 0 Å². The van der Waals surface area contributed by atoms with Crippen molar-refractivity contribution in [3.8, 4) is 0 Å². The summed E-state index contributed by atoms with van der Waals surface area (Å²) in [5, 5.41) is 0. The standard InChI is InChI=1S/C14H25N3O/c1-6-7-12(11(2)3)14-15-8-9-17(14)10-13(18)16(4)5/h8-9,11-12H,6-7,10H2,1-5H3. The summed E-state index contributed by atoms with van der Waals surface area (Å²) in [5.74, 6) is 2.12. The second-order valence-electron chi connectivity index (χ2n) is 5.34. The van der Waals surface area contributed by atoms with Crippen molar-refractivity contribution in [3.05, 3.63) is 18.2 Å². The first kappa shape index (κ1) is 14.7. The molecule has 0 bridgehead atoms. The normalized spacial score (nSPS) is 12.8. The molecule has 0 spiro atoms. The molecule has 0 aliphatic rings. The fourth-order valence-corrected chi connectivity index (χ4v) is 2.14. The van der Waals surface area contributed by atoms with E-state index in [2.05, 4.69) is 25.8 Å². The topological polar surface area (TPSA) is 38.1 Å². The average molecular weight is 251 g/mol. The Morgan fingerprint density at radius 2 is 2.11 bits per heavy atom. The van der Waals surface area contributed by atoms with Crippen molar-refractivity contribution in [3.63, 3.8) is 0 Å². The van der Waals surface area contributed by atoms with E-state index in [1.807, 2.05) is 10.8 Å². The van der Waals surface area contributed by atoms with Crippen molar-refractivity contribution in [1.29, 1.82) is 0 Å². The van der Waals surface area contributed by atoms with Gasteiger partial charge < -0.3 is 9.47 Å². The van der Waals surface area contributed by atoms with E-state index < -0.39 is 0 Å². The molecule has 0 saturated heterocycles. The lowest BCUT2D eigenvalue weighted by Crippen LogP contribution is -2.27. The third kappa shape index (κ3) is 3.59. The maximum Gasteiger partial charge on any atom is 0.242 e. The molecule has 0 aromatic carbocycles. The van der Waals surface area contributed by atoms with Gasteiger partial charge in [-0.1, -0.05) is 27.2 Å². The van der Waals surface area contributed by atoms with Crippen molar-refractivity contribution >= 4 is 5.91 Å². The quantitative estimate of drug-likeness (QED) is 0.779. The zero-order valence-corrected chi connectivity index (χ0v) is 12.2. The molecule has 4 nitrogen and oxygen atoms in total. The Labute approximate surface area is 110 Å². The van der Waals surface area contributed by atoms with Gasteiger partial charge in [-0.25, -0.2) is 4.98 Å². The van der Waals surface area contributed by atoms with Gasteiger partial charge in [0.1, 0.15) is 12.4 Å². The van der Waals surface area contributed by atoms with Crippen molar-refractivity contribution < 1.29 is 4.79 Å². The minimum atomic E-state index is 0.105. The number of hydrogen-bond acceptors (Lipinski definition) is 2. The van der Waals surface area contributed by atoms with Gasteiger partial charge in [-0.05, 0) is 12.3 Å². The van der Waals surface area contributed by atoms with Crippen molar-refractivity contribution in [1.82, 2.24) is 14.5 Å². The first-order chi connectivity index (χ1) is 8.47. The van der Waals surface area contributed by atoms with E-state index in [1.54, 1.807) is 25.2 Å². The van der Waals surface area contributed by atoms with Gasteiger partial charge in [0.25, 0.3) is 0 Å². The van der Waals surface area contributed by atoms with Gasteiger partial charge in [0.2, 0.25) is 5.91 Å². The van der Waals surface area contributed by atoms with Crippen LogP contribution in [0.4, 0.5) is 0 Å². The Morgan fingerprint density at radius 1 is 1.44 bits per heavy atom. The molecule has 0 radical (unpaired) electrons. The Hall–Kier alpha value is -1.32. The molecule has 1 amide bonds. The Balaban J connectivity index is 2.89. The SMILES string of the molecule is CCCC(c1nccn1CC(=O)N(C)C)C(C)C. The molecule has 18 heavy (non-hydrogen) atoms. The third-order valence-electron chi connectivity index (χ3n) is 3.29. The zero-order valence-electron chi connectivity index (χ0n) is 12.2.